The SMILES string of the molecule is C/C=C\C=C(/C)C1(OCC)CCNCC1O. The number of allylic oxidation sites excluding steroid dienone is 3. The largest absolute Gasteiger partial charge is 0.388 e. The van der Waals surface area contributed by atoms with Gasteiger partial charge >= 0.3 is 0 Å². The van der Waals surface area contributed by atoms with Gasteiger partial charge in [-0.2, -0.15) is 0 Å². The van der Waals surface area contributed by atoms with E-state index in [4.69, 9.17) is 4.74 Å². The van der Waals surface area contributed by atoms with Gasteiger partial charge in [0.15, 0.2) is 0 Å². The highest BCUT2D eigenvalue weighted by atomic mass is 16.5. The maximum Gasteiger partial charge on any atom is 0.117 e. The quantitative estimate of drug-likeness (QED) is 0.715. The maximum atomic E-state index is 10.2. The van der Waals surface area contributed by atoms with Crippen molar-refractivity contribution in [2.45, 2.75) is 38.9 Å². The van der Waals surface area contributed by atoms with Gasteiger partial charge in [-0.15, -0.1) is 0 Å². The summed E-state index contributed by atoms with van der Waals surface area (Å²) >= 11 is 0. The zero-order chi connectivity index (χ0) is 12.0. The smallest absolute Gasteiger partial charge is 0.117 e. The second kappa shape index (κ2) is 6.18. The topological polar surface area (TPSA) is 41.5 Å². The van der Waals surface area contributed by atoms with Gasteiger partial charge < -0.3 is 15.2 Å². The molecule has 2 atom stereocenters. The van der Waals surface area contributed by atoms with E-state index in [1.165, 1.54) is 0 Å². The molecule has 2 unspecified atom stereocenters. The van der Waals surface area contributed by atoms with E-state index in [2.05, 4.69) is 5.32 Å². The monoisotopic (exact) mass is 225 g/mol. The van der Waals surface area contributed by atoms with Crippen molar-refractivity contribution < 1.29 is 9.84 Å². The summed E-state index contributed by atoms with van der Waals surface area (Å²) in [6, 6.07) is 0. The third kappa shape index (κ3) is 2.73. The number of piperidine rings is 1. The molecule has 0 aromatic carbocycles. The molecule has 0 bridgehead atoms. The first-order valence-electron chi connectivity index (χ1n) is 6.00. The Morgan fingerprint density at radius 3 is 2.94 bits per heavy atom. The maximum absolute atomic E-state index is 10.2. The molecule has 0 spiro atoms. The van der Waals surface area contributed by atoms with Gasteiger partial charge in [0.2, 0.25) is 0 Å². The van der Waals surface area contributed by atoms with Crippen molar-refractivity contribution in [1.82, 2.24) is 5.32 Å². The molecule has 1 aliphatic heterocycles. The Kier molecular flexibility index (Phi) is 5.19. The van der Waals surface area contributed by atoms with E-state index >= 15 is 0 Å². The van der Waals surface area contributed by atoms with Gasteiger partial charge in [0.1, 0.15) is 5.60 Å². The number of hydrogen-bond donors (Lipinski definition) is 2. The fourth-order valence-corrected chi connectivity index (χ4v) is 2.23. The van der Waals surface area contributed by atoms with Gasteiger partial charge in [-0.25, -0.2) is 0 Å². The lowest BCUT2D eigenvalue weighted by molar-refractivity contribution is -0.109. The number of hydrogen-bond acceptors (Lipinski definition) is 3. The van der Waals surface area contributed by atoms with Crippen LogP contribution < -0.4 is 5.32 Å². The summed E-state index contributed by atoms with van der Waals surface area (Å²) in [6.45, 7) is 8.09. The van der Waals surface area contributed by atoms with E-state index < -0.39 is 11.7 Å². The second-order valence-corrected chi connectivity index (χ2v) is 4.17. The minimum atomic E-state index is -0.500. The first kappa shape index (κ1) is 13.4. The Hall–Kier alpha value is -0.640. The van der Waals surface area contributed by atoms with Gasteiger partial charge in [0.25, 0.3) is 0 Å². The molecule has 0 amide bonds. The normalized spacial score (nSPS) is 32.2. The van der Waals surface area contributed by atoms with Gasteiger partial charge in [0, 0.05) is 13.2 Å². The molecule has 1 rings (SSSR count). The van der Waals surface area contributed by atoms with Crippen LogP contribution in [0.25, 0.3) is 0 Å². The molecule has 3 heteroatoms. The highest BCUT2D eigenvalue weighted by Gasteiger charge is 2.41. The van der Waals surface area contributed by atoms with Crippen LogP contribution in [0.1, 0.15) is 27.2 Å². The Morgan fingerprint density at radius 1 is 1.62 bits per heavy atom. The predicted octanol–water partition coefficient (Wildman–Crippen LogP) is 1.64. The molecule has 0 aromatic heterocycles. The van der Waals surface area contributed by atoms with E-state index in [9.17, 15) is 5.11 Å². The molecule has 92 valence electrons. The van der Waals surface area contributed by atoms with Crippen molar-refractivity contribution in [2.75, 3.05) is 19.7 Å². The summed E-state index contributed by atoms with van der Waals surface area (Å²) in [7, 11) is 0. The predicted molar refractivity (Wildman–Crippen MR) is 66.4 cm³/mol. The average Bonchev–Trinajstić information content (AvgIpc) is 2.29. The van der Waals surface area contributed by atoms with Crippen LogP contribution >= 0.6 is 0 Å². The molecule has 1 aliphatic rings. The lowest BCUT2D eigenvalue weighted by Gasteiger charge is -2.42. The Labute approximate surface area is 98.2 Å². The standard InChI is InChI=1S/C13H23NO2/c1-4-6-7-11(3)13(16-5-2)8-9-14-10-12(13)15/h4,6-7,12,14-15H,5,8-10H2,1-3H3/b6-4-,11-7+. The fourth-order valence-electron chi connectivity index (χ4n) is 2.23. The highest BCUT2D eigenvalue weighted by molar-refractivity contribution is 5.24. The molecular formula is C13H23NO2. The van der Waals surface area contributed by atoms with Crippen LogP contribution in [-0.4, -0.2) is 36.5 Å². The van der Waals surface area contributed by atoms with Crippen LogP contribution in [-0.2, 0) is 4.74 Å². The minimum absolute atomic E-state index is 0.470. The van der Waals surface area contributed by atoms with E-state index in [0.29, 0.717) is 13.2 Å². The van der Waals surface area contributed by atoms with Crippen LogP contribution in [0.15, 0.2) is 23.8 Å². The number of nitrogens with one attached hydrogen (secondary N) is 1. The number of rotatable bonds is 4. The number of aliphatic hydroxyl groups is 1. The molecule has 2 N–H and O–H groups in total. The molecule has 16 heavy (non-hydrogen) atoms. The molecule has 3 nitrogen and oxygen atoms in total. The Morgan fingerprint density at radius 2 is 2.38 bits per heavy atom. The van der Waals surface area contributed by atoms with E-state index in [1.807, 2.05) is 39.0 Å². The molecule has 0 radical (unpaired) electrons. The highest BCUT2D eigenvalue weighted by Crippen LogP contribution is 2.31. The Balaban J connectivity index is 2.93. The summed E-state index contributed by atoms with van der Waals surface area (Å²) in [6.07, 6.45) is 6.36. The first-order chi connectivity index (χ1) is 7.67. The summed E-state index contributed by atoms with van der Waals surface area (Å²) in [4.78, 5) is 0. The van der Waals surface area contributed by atoms with Crippen LogP contribution in [0, 0.1) is 0 Å². The Bertz CT molecular complexity index is 269. The number of aliphatic hydroxyl groups excluding tert-OH is 1. The van der Waals surface area contributed by atoms with Crippen molar-refractivity contribution in [1.29, 1.82) is 0 Å². The van der Waals surface area contributed by atoms with Gasteiger partial charge in [-0.1, -0.05) is 18.2 Å². The summed E-state index contributed by atoms with van der Waals surface area (Å²) < 4.78 is 5.85. The molecule has 0 saturated carbocycles. The molecule has 1 fully saturated rings. The van der Waals surface area contributed by atoms with Crippen LogP contribution in [0.3, 0.4) is 0 Å². The summed E-state index contributed by atoms with van der Waals surface area (Å²) in [5.41, 5.74) is 0.598. The van der Waals surface area contributed by atoms with E-state index in [1.54, 1.807) is 0 Å². The molecule has 1 saturated heterocycles. The number of β-amino-alcohol motifs (C(OH)–C–C–N with tert-alkyl or cyclic N) is 1. The molecular weight excluding hydrogens is 202 g/mol. The lowest BCUT2D eigenvalue weighted by atomic mass is 9.82. The third-order valence-electron chi connectivity index (χ3n) is 3.16. The molecule has 0 aliphatic carbocycles. The van der Waals surface area contributed by atoms with Gasteiger partial charge in [-0.05, 0) is 39.3 Å². The van der Waals surface area contributed by atoms with Crippen molar-refractivity contribution in [2.24, 2.45) is 0 Å². The summed E-state index contributed by atoms with van der Waals surface area (Å²) in [5, 5.41) is 13.4. The van der Waals surface area contributed by atoms with Crippen molar-refractivity contribution in [3.63, 3.8) is 0 Å². The van der Waals surface area contributed by atoms with E-state index in [0.717, 1.165) is 18.5 Å². The molecule has 1 heterocycles. The van der Waals surface area contributed by atoms with Gasteiger partial charge in [0.05, 0.1) is 6.10 Å². The summed E-state index contributed by atoms with van der Waals surface area (Å²) in [5.74, 6) is 0. The van der Waals surface area contributed by atoms with Crippen LogP contribution in [0.4, 0.5) is 0 Å². The van der Waals surface area contributed by atoms with Gasteiger partial charge in [-0.3, -0.25) is 0 Å². The molecule has 0 aromatic rings. The zero-order valence-corrected chi connectivity index (χ0v) is 10.5. The fraction of sp³-hybridized carbons (Fsp3) is 0.692. The van der Waals surface area contributed by atoms with E-state index in [-0.39, 0.29) is 0 Å². The minimum Gasteiger partial charge on any atom is -0.388 e. The second-order valence-electron chi connectivity index (χ2n) is 4.17. The van der Waals surface area contributed by atoms with Crippen molar-refractivity contribution in [3.8, 4) is 0 Å². The average molecular weight is 225 g/mol. The van der Waals surface area contributed by atoms with Crippen molar-refractivity contribution in [3.05, 3.63) is 23.8 Å². The zero-order valence-electron chi connectivity index (χ0n) is 10.5. The third-order valence-corrected chi connectivity index (χ3v) is 3.16. The number of ether oxygens (including phenoxy) is 1. The van der Waals surface area contributed by atoms with Crippen LogP contribution in [0.2, 0.25) is 0 Å². The van der Waals surface area contributed by atoms with Crippen LogP contribution in [0.5, 0.6) is 0 Å². The lowest BCUT2D eigenvalue weighted by Crippen LogP contribution is -2.56. The first-order valence-corrected chi connectivity index (χ1v) is 6.00. The van der Waals surface area contributed by atoms with Crippen molar-refractivity contribution >= 4 is 0 Å².